The molecule has 2 heterocycles. The number of carbonyl (C=O) groups excluding carboxylic acids is 1. The average Bonchev–Trinajstić information content (AvgIpc) is 3.15. The molecular formula is C16H16F2N2O3. The molecule has 0 saturated carbocycles. The number of nitrogens with zero attached hydrogens (tertiary/aromatic N) is 1. The van der Waals surface area contributed by atoms with E-state index in [1.54, 1.807) is 0 Å². The number of carbonyl (C=O) groups is 1. The second-order valence-corrected chi connectivity index (χ2v) is 5.59. The fourth-order valence-electron chi connectivity index (χ4n) is 2.60. The molecule has 1 N–H and O–H groups in total. The van der Waals surface area contributed by atoms with Crippen LogP contribution in [-0.4, -0.2) is 36.5 Å². The molecule has 1 aromatic carbocycles. The second-order valence-electron chi connectivity index (χ2n) is 5.59. The number of oxime groups is 1. The molecule has 0 spiro atoms. The van der Waals surface area contributed by atoms with Crippen LogP contribution < -0.4 is 5.32 Å². The molecule has 0 aliphatic carbocycles. The topological polar surface area (TPSA) is 59.9 Å². The van der Waals surface area contributed by atoms with Crippen molar-refractivity contribution in [2.45, 2.75) is 24.5 Å². The van der Waals surface area contributed by atoms with Crippen LogP contribution in [0.4, 0.5) is 8.78 Å². The monoisotopic (exact) mass is 322 g/mol. The minimum Gasteiger partial charge on any atom is -0.379 e. The van der Waals surface area contributed by atoms with Crippen molar-refractivity contribution in [3.8, 4) is 0 Å². The molecule has 0 aromatic heterocycles. The number of rotatable bonds is 4. The highest BCUT2D eigenvalue weighted by atomic mass is 19.1. The van der Waals surface area contributed by atoms with E-state index in [1.807, 2.05) is 0 Å². The Kier molecular flexibility index (Phi) is 4.12. The third kappa shape index (κ3) is 3.10. The number of amides is 1. The van der Waals surface area contributed by atoms with Crippen LogP contribution in [0.3, 0.4) is 0 Å². The summed E-state index contributed by atoms with van der Waals surface area (Å²) < 4.78 is 31.9. The molecule has 122 valence electrons. The largest absolute Gasteiger partial charge is 0.379 e. The SMILES string of the molecule is C=C[C@]1(C(=O)N[C@@H]2CCOC2)CC(c2cc(F)cc(F)c2)=NO1. The predicted molar refractivity (Wildman–Crippen MR) is 78.9 cm³/mol. The number of halogens is 2. The summed E-state index contributed by atoms with van der Waals surface area (Å²) in [5.74, 6) is -1.82. The lowest BCUT2D eigenvalue weighted by Gasteiger charge is -2.23. The average molecular weight is 322 g/mol. The van der Waals surface area contributed by atoms with Crippen LogP contribution in [0, 0.1) is 11.6 Å². The minimum absolute atomic E-state index is 0.0544. The third-order valence-electron chi connectivity index (χ3n) is 3.92. The summed E-state index contributed by atoms with van der Waals surface area (Å²) >= 11 is 0. The van der Waals surface area contributed by atoms with Crippen molar-refractivity contribution >= 4 is 11.6 Å². The van der Waals surface area contributed by atoms with Crippen molar-refractivity contribution in [2.75, 3.05) is 13.2 Å². The summed E-state index contributed by atoms with van der Waals surface area (Å²) in [4.78, 5) is 17.8. The van der Waals surface area contributed by atoms with Gasteiger partial charge in [-0.15, -0.1) is 0 Å². The fraction of sp³-hybridized carbons (Fsp3) is 0.375. The van der Waals surface area contributed by atoms with Gasteiger partial charge in [-0.2, -0.15) is 0 Å². The fourth-order valence-corrected chi connectivity index (χ4v) is 2.60. The van der Waals surface area contributed by atoms with Crippen LogP contribution in [0.15, 0.2) is 36.0 Å². The first-order valence-corrected chi connectivity index (χ1v) is 7.26. The second kappa shape index (κ2) is 6.08. The lowest BCUT2D eigenvalue weighted by molar-refractivity contribution is -0.139. The van der Waals surface area contributed by atoms with E-state index in [9.17, 15) is 13.6 Å². The van der Waals surface area contributed by atoms with Gasteiger partial charge in [0, 0.05) is 24.7 Å². The van der Waals surface area contributed by atoms with E-state index in [-0.39, 0.29) is 18.0 Å². The van der Waals surface area contributed by atoms with Gasteiger partial charge in [-0.1, -0.05) is 11.7 Å². The zero-order valence-corrected chi connectivity index (χ0v) is 12.4. The quantitative estimate of drug-likeness (QED) is 0.862. The Morgan fingerprint density at radius 2 is 2.13 bits per heavy atom. The molecule has 2 aliphatic rings. The Morgan fingerprint density at radius 3 is 2.74 bits per heavy atom. The van der Waals surface area contributed by atoms with Crippen LogP contribution in [0.1, 0.15) is 18.4 Å². The number of ether oxygens (including phenoxy) is 1. The smallest absolute Gasteiger partial charge is 0.271 e. The molecule has 23 heavy (non-hydrogen) atoms. The molecule has 5 nitrogen and oxygen atoms in total. The molecule has 1 fully saturated rings. The van der Waals surface area contributed by atoms with E-state index in [0.717, 1.165) is 24.6 Å². The number of hydrogen-bond donors (Lipinski definition) is 1. The first kappa shape index (κ1) is 15.6. The summed E-state index contributed by atoms with van der Waals surface area (Å²) in [6.45, 7) is 4.68. The Balaban J connectivity index is 1.76. The number of hydrogen-bond acceptors (Lipinski definition) is 4. The maximum atomic E-state index is 13.3. The van der Waals surface area contributed by atoms with Crippen molar-refractivity contribution in [3.05, 3.63) is 48.1 Å². The molecule has 2 atom stereocenters. The zero-order valence-electron chi connectivity index (χ0n) is 12.4. The predicted octanol–water partition coefficient (Wildman–Crippen LogP) is 1.92. The van der Waals surface area contributed by atoms with Crippen LogP contribution >= 0.6 is 0 Å². The summed E-state index contributed by atoms with van der Waals surface area (Å²) in [7, 11) is 0. The van der Waals surface area contributed by atoms with Gasteiger partial charge in [0.25, 0.3) is 5.91 Å². The molecule has 7 heteroatoms. The number of nitrogens with one attached hydrogen (secondary N) is 1. The number of benzene rings is 1. The summed E-state index contributed by atoms with van der Waals surface area (Å²) in [5.41, 5.74) is -0.842. The van der Waals surface area contributed by atoms with Crippen molar-refractivity contribution < 1.29 is 23.1 Å². The molecule has 0 radical (unpaired) electrons. The maximum absolute atomic E-state index is 13.3. The first-order valence-electron chi connectivity index (χ1n) is 7.26. The van der Waals surface area contributed by atoms with Crippen LogP contribution in [0.5, 0.6) is 0 Å². The highest BCUT2D eigenvalue weighted by Gasteiger charge is 2.45. The van der Waals surface area contributed by atoms with Gasteiger partial charge in [-0.25, -0.2) is 8.78 Å². The van der Waals surface area contributed by atoms with Gasteiger partial charge in [-0.3, -0.25) is 4.79 Å². The summed E-state index contributed by atoms with van der Waals surface area (Å²) in [5, 5.41) is 6.65. The highest BCUT2D eigenvalue weighted by molar-refractivity contribution is 6.06. The van der Waals surface area contributed by atoms with E-state index < -0.39 is 23.1 Å². The van der Waals surface area contributed by atoms with Gasteiger partial charge in [-0.05, 0) is 24.6 Å². The standard InChI is InChI=1S/C16H16F2N2O3/c1-2-16(15(21)19-13-3-4-22-9-13)8-14(20-23-16)10-5-11(17)7-12(18)6-10/h2,5-7,13H,1,3-4,8-9H2,(H,19,21)/t13-,16-/m1/s1. The van der Waals surface area contributed by atoms with Crippen LogP contribution in [-0.2, 0) is 14.4 Å². The molecule has 1 aromatic rings. The molecule has 0 unspecified atom stereocenters. The van der Waals surface area contributed by atoms with Crippen LogP contribution in [0.2, 0.25) is 0 Å². The molecule has 1 saturated heterocycles. The minimum atomic E-state index is -1.37. The van der Waals surface area contributed by atoms with E-state index in [0.29, 0.717) is 18.9 Å². The van der Waals surface area contributed by atoms with Crippen molar-refractivity contribution in [1.29, 1.82) is 0 Å². The molecular weight excluding hydrogens is 306 g/mol. The van der Waals surface area contributed by atoms with Crippen molar-refractivity contribution in [3.63, 3.8) is 0 Å². The van der Waals surface area contributed by atoms with Gasteiger partial charge < -0.3 is 14.9 Å². The van der Waals surface area contributed by atoms with E-state index in [1.165, 1.54) is 6.08 Å². The lowest BCUT2D eigenvalue weighted by atomic mass is 9.93. The Morgan fingerprint density at radius 1 is 1.39 bits per heavy atom. The highest BCUT2D eigenvalue weighted by Crippen LogP contribution is 2.29. The van der Waals surface area contributed by atoms with Gasteiger partial charge in [0.15, 0.2) is 0 Å². The van der Waals surface area contributed by atoms with E-state index in [2.05, 4.69) is 17.1 Å². The van der Waals surface area contributed by atoms with Gasteiger partial charge >= 0.3 is 0 Å². The normalized spacial score (nSPS) is 26.5. The summed E-state index contributed by atoms with van der Waals surface area (Å²) in [6, 6.07) is 2.98. The van der Waals surface area contributed by atoms with Gasteiger partial charge in [0.05, 0.1) is 18.4 Å². The van der Waals surface area contributed by atoms with E-state index >= 15 is 0 Å². The molecule has 2 aliphatic heterocycles. The van der Waals surface area contributed by atoms with Gasteiger partial charge in [0.2, 0.25) is 5.60 Å². The Hall–Kier alpha value is -2.28. The molecule has 1 amide bonds. The summed E-state index contributed by atoms with van der Waals surface area (Å²) in [6.07, 6.45) is 2.13. The van der Waals surface area contributed by atoms with Gasteiger partial charge in [0.1, 0.15) is 11.6 Å². The third-order valence-corrected chi connectivity index (χ3v) is 3.92. The Bertz CT molecular complexity index is 651. The van der Waals surface area contributed by atoms with Crippen molar-refractivity contribution in [2.24, 2.45) is 5.16 Å². The zero-order chi connectivity index (χ0) is 16.4. The van der Waals surface area contributed by atoms with E-state index in [4.69, 9.17) is 9.57 Å². The Labute approximate surface area is 131 Å². The first-order chi connectivity index (χ1) is 11.0. The lowest BCUT2D eigenvalue weighted by Crippen LogP contribution is -2.49. The maximum Gasteiger partial charge on any atom is 0.271 e. The van der Waals surface area contributed by atoms with Crippen molar-refractivity contribution in [1.82, 2.24) is 5.32 Å². The molecule has 3 rings (SSSR count). The molecule has 0 bridgehead atoms. The van der Waals surface area contributed by atoms with Crippen LogP contribution in [0.25, 0.3) is 0 Å².